The fraction of sp³-hybridized carbons (Fsp3) is 0.385. The average Bonchev–Trinajstić information content (AvgIpc) is 3.31. The second-order valence-electron chi connectivity index (χ2n) is 10.3. The third kappa shape index (κ3) is 4.09. The zero-order valence-corrected chi connectivity index (χ0v) is 21.4. The van der Waals surface area contributed by atoms with Gasteiger partial charge in [0, 0.05) is 32.1 Å². The molecule has 1 saturated heterocycles. The summed E-state index contributed by atoms with van der Waals surface area (Å²) in [6.07, 6.45) is -2.79. The minimum Gasteiger partial charge on any atom is -0.479 e. The molecular weight excluding hydrogens is 507 g/mol. The number of aromatic nitrogens is 2. The molecule has 0 saturated carbocycles. The van der Waals surface area contributed by atoms with Crippen LogP contribution < -0.4 is 4.74 Å². The number of para-hydroxylation sites is 2. The van der Waals surface area contributed by atoms with Gasteiger partial charge in [-0.15, -0.1) is 0 Å². The average molecular weight is 534 g/mol. The third-order valence-electron chi connectivity index (χ3n) is 6.98. The monoisotopic (exact) mass is 533 g/mol. The van der Waals surface area contributed by atoms with E-state index in [0.29, 0.717) is 17.1 Å². The number of carbonyl (C=O) groups excluding carboxylic acids is 1. The normalized spacial score (nSPS) is 17.2. The molecule has 0 atom stereocenters. The van der Waals surface area contributed by atoms with Gasteiger partial charge in [0.1, 0.15) is 17.1 Å². The Bertz CT molecular complexity index is 1460. The van der Waals surface area contributed by atoms with Gasteiger partial charge in [0.2, 0.25) is 0 Å². The van der Waals surface area contributed by atoms with Crippen LogP contribution in [-0.4, -0.2) is 46.6 Å². The molecule has 0 aliphatic carbocycles. The maximum Gasteiger partial charge on any atom is 0.431 e. The van der Waals surface area contributed by atoms with Crippen molar-refractivity contribution in [3.8, 4) is 11.4 Å². The molecule has 5 rings (SSSR count). The smallest absolute Gasteiger partial charge is 0.431 e. The second kappa shape index (κ2) is 8.34. The van der Waals surface area contributed by atoms with Crippen LogP contribution in [-0.2, 0) is 21.6 Å². The summed E-state index contributed by atoms with van der Waals surface area (Å²) >= 11 is 0. The van der Waals surface area contributed by atoms with Gasteiger partial charge in [-0.3, -0.25) is 4.79 Å². The molecule has 2 aromatic heterocycles. The summed E-state index contributed by atoms with van der Waals surface area (Å²) in [4.78, 5) is 18.8. The predicted molar refractivity (Wildman–Crippen MR) is 129 cm³/mol. The number of fused-ring (bicyclic) bond motifs is 4. The molecule has 1 aromatic carbocycles. The highest BCUT2D eigenvalue weighted by molar-refractivity contribution is 7.92. The third-order valence-corrected chi connectivity index (χ3v) is 9.45. The Balaban J connectivity index is 1.39. The zero-order valence-electron chi connectivity index (χ0n) is 20.5. The van der Waals surface area contributed by atoms with Gasteiger partial charge in [0.15, 0.2) is 15.4 Å². The highest BCUT2D eigenvalue weighted by Gasteiger charge is 2.48. The van der Waals surface area contributed by atoms with Crippen molar-refractivity contribution in [1.82, 2.24) is 14.5 Å². The van der Waals surface area contributed by atoms with E-state index < -0.39 is 32.1 Å². The van der Waals surface area contributed by atoms with E-state index >= 15 is 0 Å². The summed E-state index contributed by atoms with van der Waals surface area (Å²) in [5.74, 6) is -0.0223. The fourth-order valence-electron chi connectivity index (χ4n) is 4.87. The molecule has 7 nitrogen and oxygen atoms in total. The summed E-state index contributed by atoms with van der Waals surface area (Å²) in [6.45, 7) is 5.23. The number of alkyl halides is 3. The second-order valence-corrected chi connectivity index (χ2v) is 13.0. The largest absolute Gasteiger partial charge is 0.479 e. The van der Waals surface area contributed by atoms with Gasteiger partial charge in [0.05, 0.1) is 21.0 Å². The lowest BCUT2D eigenvalue weighted by Gasteiger charge is -2.45. The lowest BCUT2D eigenvalue weighted by atomic mass is 9.86. The Morgan fingerprint density at radius 3 is 2.27 bits per heavy atom. The van der Waals surface area contributed by atoms with E-state index in [2.05, 4.69) is 4.98 Å². The minimum atomic E-state index is -4.54. The van der Waals surface area contributed by atoms with Crippen LogP contribution in [0.5, 0.6) is 5.75 Å². The van der Waals surface area contributed by atoms with E-state index in [1.807, 2.05) is 0 Å². The Morgan fingerprint density at radius 2 is 1.68 bits per heavy atom. The molecule has 2 aliphatic heterocycles. The van der Waals surface area contributed by atoms with Gasteiger partial charge < -0.3 is 14.2 Å². The Hall–Kier alpha value is -3.34. The van der Waals surface area contributed by atoms with Crippen molar-refractivity contribution in [2.24, 2.45) is 0 Å². The Kier molecular flexibility index (Phi) is 5.70. The van der Waals surface area contributed by atoms with Gasteiger partial charge in [0.25, 0.3) is 5.91 Å². The van der Waals surface area contributed by atoms with Gasteiger partial charge in [-0.1, -0.05) is 12.1 Å². The first-order valence-corrected chi connectivity index (χ1v) is 13.3. The number of benzene rings is 1. The number of amides is 1. The number of likely N-dealkylation sites (tertiary alicyclic amines) is 1. The van der Waals surface area contributed by atoms with E-state index in [1.54, 1.807) is 49.9 Å². The molecule has 0 unspecified atom stereocenters. The van der Waals surface area contributed by atoms with Crippen LogP contribution in [0.2, 0.25) is 0 Å². The van der Waals surface area contributed by atoms with Gasteiger partial charge in [-0.25, -0.2) is 13.4 Å². The maximum absolute atomic E-state index is 13.8. The van der Waals surface area contributed by atoms with E-state index in [4.69, 9.17) is 4.74 Å². The quantitative estimate of drug-likeness (QED) is 0.464. The highest BCUT2D eigenvalue weighted by Crippen LogP contribution is 2.48. The standard InChI is InChI=1S/C26H26F3N3O4S/c1-24(2,3)37(34,35)17-8-9-18(30-16-17)23(33)31-14-12-25(13-15-31)21-10-11-22(26(27,28)29)32(21)19-6-4-5-7-20(19)36-25/h4-11,16H,12-15H2,1-3H3. The number of pyridine rings is 1. The Labute approximate surface area is 212 Å². The number of carbonyl (C=O) groups is 1. The fourth-order valence-corrected chi connectivity index (χ4v) is 6.02. The summed E-state index contributed by atoms with van der Waals surface area (Å²) in [7, 11) is -3.61. The molecule has 0 bridgehead atoms. The first-order valence-electron chi connectivity index (χ1n) is 11.8. The van der Waals surface area contributed by atoms with Crippen molar-refractivity contribution in [3.05, 3.63) is 71.8 Å². The highest BCUT2D eigenvalue weighted by atomic mass is 32.2. The summed E-state index contributed by atoms with van der Waals surface area (Å²) in [5, 5.41) is 0. The SMILES string of the molecule is CC(C)(C)S(=O)(=O)c1ccc(C(=O)N2CCC3(CC2)Oc2ccccc2-n2c(C(F)(F)F)ccc23)nc1. The van der Waals surface area contributed by atoms with Gasteiger partial charge >= 0.3 is 6.18 Å². The predicted octanol–water partition coefficient (Wildman–Crippen LogP) is 4.99. The van der Waals surface area contributed by atoms with E-state index in [0.717, 1.165) is 6.07 Å². The van der Waals surface area contributed by atoms with Crippen LogP contribution in [0.1, 0.15) is 55.5 Å². The van der Waals surface area contributed by atoms with Crippen LogP contribution in [0.3, 0.4) is 0 Å². The molecule has 0 radical (unpaired) electrons. The molecule has 1 spiro atoms. The number of rotatable bonds is 2. The number of ether oxygens (including phenoxy) is 1. The van der Waals surface area contributed by atoms with Gasteiger partial charge in [-0.2, -0.15) is 13.2 Å². The first kappa shape index (κ1) is 25.3. The summed E-state index contributed by atoms with van der Waals surface area (Å²) < 4.78 is 73.3. The minimum absolute atomic E-state index is 0.0321. The summed E-state index contributed by atoms with van der Waals surface area (Å²) in [5.41, 5.74) is -0.965. The van der Waals surface area contributed by atoms with Gasteiger partial charge in [-0.05, 0) is 57.2 Å². The van der Waals surface area contributed by atoms with Crippen molar-refractivity contribution < 1.29 is 31.1 Å². The number of halogens is 3. The Morgan fingerprint density at radius 1 is 1.00 bits per heavy atom. The molecular formula is C26H26F3N3O4S. The number of nitrogens with zero attached hydrogens (tertiary/aromatic N) is 3. The lowest BCUT2D eigenvalue weighted by Crippen LogP contribution is -2.50. The van der Waals surface area contributed by atoms with Crippen LogP contribution in [0.25, 0.3) is 5.69 Å². The van der Waals surface area contributed by atoms with Crippen molar-refractivity contribution in [3.63, 3.8) is 0 Å². The summed E-state index contributed by atoms with van der Waals surface area (Å²) in [6, 6.07) is 11.9. The molecule has 3 aromatic rings. The number of hydrogen-bond donors (Lipinski definition) is 0. The zero-order chi connectivity index (χ0) is 26.8. The van der Waals surface area contributed by atoms with Crippen LogP contribution in [0.15, 0.2) is 59.6 Å². The molecule has 1 fully saturated rings. The maximum atomic E-state index is 13.8. The van der Waals surface area contributed by atoms with Crippen molar-refractivity contribution in [1.29, 1.82) is 0 Å². The molecule has 37 heavy (non-hydrogen) atoms. The van der Waals surface area contributed by atoms with Crippen molar-refractivity contribution in [2.45, 2.75) is 55.0 Å². The molecule has 0 N–H and O–H groups in total. The molecule has 1 amide bonds. The van der Waals surface area contributed by atoms with Crippen LogP contribution in [0, 0.1) is 0 Å². The molecule has 196 valence electrons. The first-order chi connectivity index (χ1) is 17.2. The van der Waals surface area contributed by atoms with E-state index in [1.165, 1.54) is 29.0 Å². The van der Waals surface area contributed by atoms with E-state index in [-0.39, 0.29) is 42.4 Å². The van der Waals surface area contributed by atoms with Crippen LogP contribution in [0.4, 0.5) is 13.2 Å². The molecule has 4 heterocycles. The van der Waals surface area contributed by atoms with Crippen LogP contribution >= 0.6 is 0 Å². The number of sulfone groups is 1. The van der Waals surface area contributed by atoms with E-state index in [9.17, 15) is 26.4 Å². The lowest BCUT2D eigenvalue weighted by molar-refractivity contribution is -0.143. The molecule has 11 heteroatoms. The van der Waals surface area contributed by atoms with Crippen molar-refractivity contribution >= 4 is 15.7 Å². The topological polar surface area (TPSA) is 81.5 Å². The molecule has 2 aliphatic rings. The number of piperidine rings is 1. The van der Waals surface area contributed by atoms with Crippen molar-refractivity contribution in [2.75, 3.05) is 13.1 Å². The number of hydrogen-bond acceptors (Lipinski definition) is 5.